The Balaban J connectivity index is 2.01. The second-order valence-corrected chi connectivity index (χ2v) is 6.07. The first kappa shape index (κ1) is 17.5. The van der Waals surface area contributed by atoms with Crippen LogP contribution in [0.3, 0.4) is 0 Å². The number of rotatable bonds is 6. The smallest absolute Gasteiger partial charge is 0.313 e. The Morgan fingerprint density at radius 2 is 1.83 bits per heavy atom. The van der Waals surface area contributed by atoms with Crippen LogP contribution in [0.2, 0.25) is 0 Å². The summed E-state index contributed by atoms with van der Waals surface area (Å²) in [7, 11) is 1.43. The van der Waals surface area contributed by atoms with Crippen LogP contribution in [-0.4, -0.2) is 43.5 Å². The van der Waals surface area contributed by atoms with Gasteiger partial charge in [-0.15, -0.1) is 0 Å². The lowest BCUT2D eigenvalue weighted by Gasteiger charge is -2.27. The maximum atomic E-state index is 12.1. The zero-order valence-corrected chi connectivity index (χ0v) is 14.0. The molecule has 2 rings (SSSR count). The van der Waals surface area contributed by atoms with Gasteiger partial charge in [-0.3, -0.25) is 9.59 Å². The monoisotopic (exact) mass is 318 g/mol. The van der Waals surface area contributed by atoms with Gasteiger partial charge in [-0.05, 0) is 56.6 Å². The van der Waals surface area contributed by atoms with Crippen molar-refractivity contribution < 1.29 is 14.3 Å². The molecule has 5 nitrogen and oxygen atoms in total. The summed E-state index contributed by atoms with van der Waals surface area (Å²) in [6.45, 7) is 4.63. The second-order valence-electron chi connectivity index (χ2n) is 6.07. The van der Waals surface area contributed by atoms with Gasteiger partial charge in [-0.1, -0.05) is 18.6 Å². The summed E-state index contributed by atoms with van der Waals surface area (Å²) in [5, 5.41) is 2.73. The Labute approximate surface area is 138 Å². The third-order valence-corrected chi connectivity index (χ3v) is 4.30. The molecule has 1 amide bonds. The highest BCUT2D eigenvalue weighted by Gasteiger charge is 2.23. The number of carbonyl (C=O) groups is 2. The molecule has 1 aromatic carbocycles. The number of hydrogen-bond donors (Lipinski definition) is 1. The van der Waals surface area contributed by atoms with Gasteiger partial charge in [0, 0.05) is 12.6 Å². The van der Waals surface area contributed by atoms with Crippen LogP contribution >= 0.6 is 0 Å². The van der Waals surface area contributed by atoms with E-state index < -0.39 is 0 Å². The number of piperidine rings is 1. The first-order chi connectivity index (χ1) is 11.1. The molecule has 1 N–H and O–H groups in total. The predicted molar refractivity (Wildman–Crippen MR) is 90.4 cm³/mol. The van der Waals surface area contributed by atoms with E-state index in [1.807, 2.05) is 24.3 Å². The number of amides is 1. The van der Waals surface area contributed by atoms with Gasteiger partial charge in [0.1, 0.15) is 0 Å². The number of ether oxygens (including phenoxy) is 1. The Kier molecular flexibility index (Phi) is 6.59. The van der Waals surface area contributed by atoms with Crippen LogP contribution in [0, 0.1) is 0 Å². The second kappa shape index (κ2) is 8.67. The van der Waals surface area contributed by atoms with Crippen molar-refractivity contribution in [3.63, 3.8) is 0 Å². The van der Waals surface area contributed by atoms with Gasteiger partial charge in [-0.25, -0.2) is 0 Å². The lowest BCUT2D eigenvalue weighted by molar-refractivity contribution is -0.142. The molecule has 1 aliphatic rings. The summed E-state index contributed by atoms with van der Waals surface area (Å²) in [5.41, 5.74) is 1.67. The average molecular weight is 318 g/mol. The van der Waals surface area contributed by atoms with E-state index in [0.29, 0.717) is 0 Å². The molecular formula is C18H26N2O3. The van der Waals surface area contributed by atoms with Gasteiger partial charge >= 0.3 is 5.97 Å². The average Bonchev–Trinajstić information content (AvgIpc) is 2.56. The Morgan fingerprint density at radius 3 is 2.39 bits per heavy atom. The molecule has 1 atom stereocenters. The summed E-state index contributed by atoms with van der Waals surface area (Å²) >= 11 is 0. The highest BCUT2D eigenvalue weighted by atomic mass is 16.5. The third-order valence-electron chi connectivity index (χ3n) is 4.30. The maximum Gasteiger partial charge on any atom is 0.313 e. The molecular weight excluding hydrogens is 292 g/mol. The van der Waals surface area contributed by atoms with Crippen molar-refractivity contribution in [1.82, 2.24) is 4.90 Å². The fourth-order valence-corrected chi connectivity index (χ4v) is 3.06. The zero-order chi connectivity index (χ0) is 16.7. The molecule has 0 aromatic heterocycles. The lowest BCUT2D eigenvalue weighted by atomic mass is 9.95. The zero-order valence-electron chi connectivity index (χ0n) is 14.0. The van der Waals surface area contributed by atoms with Crippen LogP contribution in [0.5, 0.6) is 0 Å². The summed E-state index contributed by atoms with van der Waals surface area (Å²) in [5.74, 6) is -0.560. The van der Waals surface area contributed by atoms with E-state index in [0.717, 1.165) is 37.3 Å². The number of anilines is 1. The van der Waals surface area contributed by atoms with Gasteiger partial charge in [0.15, 0.2) is 0 Å². The van der Waals surface area contributed by atoms with Gasteiger partial charge < -0.3 is 15.0 Å². The number of hydrogen-bond acceptors (Lipinski definition) is 4. The van der Waals surface area contributed by atoms with Crippen molar-refractivity contribution in [2.75, 3.05) is 32.1 Å². The van der Waals surface area contributed by atoms with Crippen molar-refractivity contribution in [2.24, 2.45) is 0 Å². The minimum atomic E-state index is -0.256. The van der Waals surface area contributed by atoms with Gasteiger partial charge in [-0.2, -0.15) is 0 Å². The Morgan fingerprint density at radius 1 is 1.17 bits per heavy atom. The van der Waals surface area contributed by atoms with E-state index in [1.54, 1.807) is 0 Å². The van der Waals surface area contributed by atoms with E-state index in [2.05, 4.69) is 10.2 Å². The van der Waals surface area contributed by atoms with Crippen LogP contribution in [0.25, 0.3) is 0 Å². The maximum absolute atomic E-state index is 12.1. The van der Waals surface area contributed by atoms with Gasteiger partial charge in [0.2, 0.25) is 5.91 Å². The minimum absolute atomic E-state index is 0.104. The molecule has 23 heavy (non-hydrogen) atoms. The topological polar surface area (TPSA) is 58.6 Å². The van der Waals surface area contributed by atoms with E-state index in [1.165, 1.54) is 33.3 Å². The molecule has 1 aliphatic heterocycles. The number of benzene rings is 1. The minimum Gasteiger partial charge on any atom is -0.469 e. The molecule has 1 unspecified atom stereocenters. The van der Waals surface area contributed by atoms with Crippen molar-refractivity contribution in [3.8, 4) is 0 Å². The fourth-order valence-electron chi connectivity index (χ4n) is 3.06. The molecule has 1 aromatic rings. The Bertz CT molecular complexity index is 522. The van der Waals surface area contributed by atoms with E-state index >= 15 is 0 Å². The number of methoxy groups -OCH3 is 1. The number of nitrogens with one attached hydrogen (secondary N) is 1. The largest absolute Gasteiger partial charge is 0.469 e. The molecule has 0 bridgehead atoms. The molecule has 0 spiro atoms. The first-order valence-electron chi connectivity index (χ1n) is 8.28. The molecule has 1 heterocycles. The molecule has 0 radical (unpaired) electrons. The lowest BCUT2D eigenvalue weighted by Crippen LogP contribution is -2.32. The van der Waals surface area contributed by atoms with E-state index in [4.69, 9.17) is 4.74 Å². The SMILES string of the molecule is COC(=O)C(CCN1CCCCC1)c1ccc(NC(C)=O)cc1. The summed E-state index contributed by atoms with van der Waals surface area (Å²) in [6, 6.07) is 7.44. The molecule has 0 aliphatic carbocycles. The van der Waals surface area contributed by atoms with Gasteiger partial charge in [0.25, 0.3) is 0 Å². The number of likely N-dealkylation sites (tertiary alicyclic amines) is 1. The summed E-state index contributed by atoms with van der Waals surface area (Å²) in [6.07, 6.45) is 4.55. The molecule has 5 heteroatoms. The van der Waals surface area contributed by atoms with Crippen molar-refractivity contribution >= 4 is 17.6 Å². The fraction of sp³-hybridized carbons (Fsp3) is 0.556. The van der Waals surface area contributed by atoms with Crippen LogP contribution < -0.4 is 5.32 Å². The molecule has 126 valence electrons. The Hall–Kier alpha value is -1.88. The van der Waals surface area contributed by atoms with Crippen molar-refractivity contribution in [1.29, 1.82) is 0 Å². The van der Waals surface area contributed by atoms with E-state index in [-0.39, 0.29) is 17.8 Å². The predicted octanol–water partition coefficient (Wildman–Crippen LogP) is 2.78. The summed E-state index contributed by atoms with van der Waals surface area (Å²) in [4.78, 5) is 25.6. The number of carbonyl (C=O) groups excluding carboxylic acids is 2. The van der Waals surface area contributed by atoms with Crippen molar-refractivity contribution in [2.45, 2.75) is 38.5 Å². The number of esters is 1. The van der Waals surface area contributed by atoms with E-state index in [9.17, 15) is 9.59 Å². The summed E-state index contributed by atoms with van der Waals surface area (Å²) < 4.78 is 4.97. The van der Waals surface area contributed by atoms with Crippen LogP contribution in [-0.2, 0) is 14.3 Å². The quantitative estimate of drug-likeness (QED) is 0.819. The number of nitrogens with zero attached hydrogens (tertiary/aromatic N) is 1. The van der Waals surface area contributed by atoms with Crippen LogP contribution in [0.4, 0.5) is 5.69 Å². The molecule has 1 saturated heterocycles. The highest BCUT2D eigenvalue weighted by molar-refractivity contribution is 5.88. The van der Waals surface area contributed by atoms with Crippen LogP contribution in [0.15, 0.2) is 24.3 Å². The molecule has 0 saturated carbocycles. The van der Waals surface area contributed by atoms with Crippen LogP contribution in [0.1, 0.15) is 44.1 Å². The highest BCUT2D eigenvalue weighted by Crippen LogP contribution is 2.24. The van der Waals surface area contributed by atoms with Crippen molar-refractivity contribution in [3.05, 3.63) is 29.8 Å². The first-order valence-corrected chi connectivity index (χ1v) is 8.28. The van der Waals surface area contributed by atoms with Gasteiger partial charge in [0.05, 0.1) is 13.0 Å². The molecule has 1 fully saturated rings. The third kappa shape index (κ3) is 5.36. The standard InChI is InChI=1S/C18H26N2O3/c1-14(21)19-16-8-6-15(7-9-16)17(18(22)23-2)10-13-20-11-4-3-5-12-20/h6-9,17H,3-5,10-13H2,1-2H3,(H,19,21). The normalized spacial score (nSPS) is 16.6.